The summed E-state index contributed by atoms with van der Waals surface area (Å²) in [6.07, 6.45) is 1.26. The summed E-state index contributed by atoms with van der Waals surface area (Å²) in [7, 11) is 2.01. The first-order valence-corrected chi connectivity index (χ1v) is 7.49. The molecule has 1 aromatic rings. The molecule has 1 aliphatic rings. The number of hydrogen-bond acceptors (Lipinski definition) is 3. The van der Waals surface area contributed by atoms with Crippen LogP contribution in [0.25, 0.3) is 0 Å². The molecule has 1 aromatic carbocycles. The Labute approximate surface area is 117 Å². The van der Waals surface area contributed by atoms with Crippen LogP contribution in [0.5, 0.6) is 0 Å². The summed E-state index contributed by atoms with van der Waals surface area (Å²) < 4.78 is 0. The molecule has 0 radical (unpaired) electrons. The van der Waals surface area contributed by atoms with Crippen molar-refractivity contribution in [1.82, 2.24) is 10.2 Å². The first-order chi connectivity index (χ1) is 9.24. The lowest BCUT2D eigenvalue weighted by Gasteiger charge is -2.36. The quantitative estimate of drug-likeness (QED) is 0.878. The average Bonchev–Trinajstić information content (AvgIpc) is 2.48. The second-order valence-electron chi connectivity index (χ2n) is 5.43. The van der Waals surface area contributed by atoms with Crippen LogP contribution in [0, 0.1) is 0 Å². The smallest absolute Gasteiger partial charge is 0.0367 e. The van der Waals surface area contributed by atoms with Gasteiger partial charge < -0.3 is 10.2 Å². The van der Waals surface area contributed by atoms with Gasteiger partial charge in [0, 0.05) is 37.9 Å². The zero-order valence-corrected chi connectivity index (χ0v) is 12.5. The molecule has 1 N–H and O–H groups in total. The first-order valence-electron chi connectivity index (χ1n) is 7.49. The number of nitrogens with zero attached hydrogens (tertiary/aromatic N) is 2. The maximum Gasteiger partial charge on any atom is 0.0367 e. The van der Waals surface area contributed by atoms with E-state index in [0.717, 1.165) is 13.1 Å². The van der Waals surface area contributed by atoms with Crippen molar-refractivity contribution in [1.29, 1.82) is 0 Å². The Bertz CT molecular complexity index is 366. The zero-order valence-electron chi connectivity index (χ0n) is 12.5. The molecule has 0 spiro atoms. The van der Waals surface area contributed by atoms with Gasteiger partial charge >= 0.3 is 0 Å². The lowest BCUT2D eigenvalue weighted by Crippen LogP contribution is -2.46. The number of anilines is 1. The third-order valence-corrected chi connectivity index (χ3v) is 4.10. The molecule has 3 heteroatoms. The standard InChI is InChI=1S/C16H27N3/c1-4-9-18-10-12-19(13-11-18)16-7-5-15(6-8-16)14(2)17-3/h5-8,14,17H,4,9-13H2,1-3H3. The van der Waals surface area contributed by atoms with Gasteiger partial charge in [0.25, 0.3) is 0 Å². The van der Waals surface area contributed by atoms with E-state index in [-0.39, 0.29) is 0 Å². The van der Waals surface area contributed by atoms with E-state index >= 15 is 0 Å². The van der Waals surface area contributed by atoms with Crippen molar-refractivity contribution < 1.29 is 0 Å². The molecule has 3 nitrogen and oxygen atoms in total. The molecule has 1 atom stereocenters. The second kappa shape index (κ2) is 6.92. The predicted octanol–water partition coefficient (Wildman–Crippen LogP) is 2.50. The number of rotatable bonds is 5. The van der Waals surface area contributed by atoms with Gasteiger partial charge in [0.15, 0.2) is 0 Å². The molecule has 1 unspecified atom stereocenters. The van der Waals surface area contributed by atoms with Crippen LogP contribution in [-0.2, 0) is 0 Å². The van der Waals surface area contributed by atoms with Gasteiger partial charge in [-0.15, -0.1) is 0 Å². The van der Waals surface area contributed by atoms with Gasteiger partial charge in [-0.25, -0.2) is 0 Å². The Morgan fingerprint density at radius 3 is 2.26 bits per heavy atom. The van der Waals surface area contributed by atoms with Crippen molar-refractivity contribution in [3.05, 3.63) is 29.8 Å². The molecule has 106 valence electrons. The Hall–Kier alpha value is -1.06. The normalized spacial score (nSPS) is 18.6. The molecule has 19 heavy (non-hydrogen) atoms. The minimum Gasteiger partial charge on any atom is -0.369 e. The average molecular weight is 261 g/mol. The Morgan fingerprint density at radius 2 is 1.74 bits per heavy atom. The molecule has 0 aromatic heterocycles. The van der Waals surface area contributed by atoms with Crippen molar-refractivity contribution in [3.63, 3.8) is 0 Å². The van der Waals surface area contributed by atoms with Crippen LogP contribution < -0.4 is 10.2 Å². The van der Waals surface area contributed by atoms with E-state index in [1.807, 2.05) is 7.05 Å². The van der Waals surface area contributed by atoms with E-state index in [1.165, 1.54) is 37.3 Å². The van der Waals surface area contributed by atoms with Gasteiger partial charge in [-0.2, -0.15) is 0 Å². The van der Waals surface area contributed by atoms with Crippen molar-refractivity contribution in [2.45, 2.75) is 26.3 Å². The predicted molar refractivity (Wildman–Crippen MR) is 82.9 cm³/mol. The maximum absolute atomic E-state index is 3.28. The largest absolute Gasteiger partial charge is 0.369 e. The highest BCUT2D eigenvalue weighted by Crippen LogP contribution is 2.20. The van der Waals surface area contributed by atoms with E-state index in [2.05, 4.69) is 53.2 Å². The van der Waals surface area contributed by atoms with E-state index in [1.54, 1.807) is 0 Å². The van der Waals surface area contributed by atoms with Gasteiger partial charge in [-0.3, -0.25) is 4.90 Å². The molecule has 2 rings (SSSR count). The molecule has 1 heterocycles. The molecule has 0 amide bonds. The molecule has 1 saturated heterocycles. The lowest BCUT2D eigenvalue weighted by atomic mass is 10.1. The van der Waals surface area contributed by atoms with Gasteiger partial charge in [0.05, 0.1) is 0 Å². The molecule has 0 bridgehead atoms. The molecular formula is C16H27N3. The van der Waals surface area contributed by atoms with Crippen molar-refractivity contribution in [2.75, 3.05) is 44.7 Å². The minimum atomic E-state index is 0.426. The third kappa shape index (κ3) is 3.71. The lowest BCUT2D eigenvalue weighted by molar-refractivity contribution is 0.258. The van der Waals surface area contributed by atoms with Crippen LogP contribution in [0.1, 0.15) is 31.9 Å². The van der Waals surface area contributed by atoms with Crippen LogP contribution in [0.2, 0.25) is 0 Å². The fraction of sp³-hybridized carbons (Fsp3) is 0.625. The highest BCUT2D eigenvalue weighted by Gasteiger charge is 2.16. The summed E-state index contributed by atoms with van der Waals surface area (Å²) in [4.78, 5) is 5.06. The van der Waals surface area contributed by atoms with E-state index in [0.29, 0.717) is 6.04 Å². The highest BCUT2D eigenvalue weighted by molar-refractivity contribution is 5.48. The maximum atomic E-state index is 3.28. The van der Waals surface area contributed by atoms with Gasteiger partial charge in [-0.05, 0) is 44.6 Å². The van der Waals surface area contributed by atoms with E-state index in [4.69, 9.17) is 0 Å². The topological polar surface area (TPSA) is 18.5 Å². The van der Waals surface area contributed by atoms with Crippen molar-refractivity contribution in [3.8, 4) is 0 Å². The number of nitrogens with one attached hydrogen (secondary N) is 1. The minimum absolute atomic E-state index is 0.426. The number of hydrogen-bond donors (Lipinski definition) is 1. The fourth-order valence-electron chi connectivity index (χ4n) is 2.69. The number of piperazine rings is 1. The van der Waals surface area contributed by atoms with E-state index < -0.39 is 0 Å². The SMILES string of the molecule is CCCN1CCN(c2ccc(C(C)NC)cc2)CC1. The Kier molecular flexibility index (Phi) is 5.23. The van der Waals surface area contributed by atoms with E-state index in [9.17, 15) is 0 Å². The number of benzene rings is 1. The first kappa shape index (κ1) is 14.4. The van der Waals surface area contributed by atoms with Crippen LogP contribution >= 0.6 is 0 Å². The Morgan fingerprint density at radius 1 is 1.11 bits per heavy atom. The van der Waals surface area contributed by atoms with Crippen LogP contribution in [0.3, 0.4) is 0 Å². The molecule has 0 saturated carbocycles. The fourth-order valence-corrected chi connectivity index (χ4v) is 2.69. The monoisotopic (exact) mass is 261 g/mol. The summed E-state index contributed by atoms with van der Waals surface area (Å²) in [6, 6.07) is 9.44. The van der Waals surface area contributed by atoms with Crippen molar-refractivity contribution in [2.24, 2.45) is 0 Å². The summed E-state index contributed by atoms with van der Waals surface area (Å²) in [5, 5.41) is 3.28. The summed E-state index contributed by atoms with van der Waals surface area (Å²) in [5.74, 6) is 0. The van der Waals surface area contributed by atoms with Crippen LogP contribution in [0.4, 0.5) is 5.69 Å². The molecule has 0 aliphatic carbocycles. The summed E-state index contributed by atoms with van der Waals surface area (Å²) >= 11 is 0. The van der Waals surface area contributed by atoms with Crippen molar-refractivity contribution >= 4 is 5.69 Å². The van der Waals surface area contributed by atoms with Gasteiger partial charge in [0.2, 0.25) is 0 Å². The Balaban J connectivity index is 1.92. The van der Waals surface area contributed by atoms with Gasteiger partial charge in [-0.1, -0.05) is 19.1 Å². The molecule has 1 aliphatic heterocycles. The molecular weight excluding hydrogens is 234 g/mol. The third-order valence-electron chi connectivity index (χ3n) is 4.10. The summed E-state index contributed by atoms with van der Waals surface area (Å²) in [6.45, 7) is 10.4. The van der Waals surface area contributed by atoms with Gasteiger partial charge in [0.1, 0.15) is 0 Å². The summed E-state index contributed by atoms with van der Waals surface area (Å²) in [5.41, 5.74) is 2.72. The van der Waals surface area contributed by atoms with Crippen LogP contribution in [0.15, 0.2) is 24.3 Å². The second-order valence-corrected chi connectivity index (χ2v) is 5.43. The highest BCUT2D eigenvalue weighted by atomic mass is 15.3. The molecule has 1 fully saturated rings. The van der Waals surface area contributed by atoms with Crippen LogP contribution in [-0.4, -0.2) is 44.7 Å². The zero-order chi connectivity index (χ0) is 13.7.